The van der Waals surface area contributed by atoms with Crippen molar-refractivity contribution in [2.45, 2.75) is 6.92 Å². The lowest BCUT2D eigenvalue weighted by atomic mass is 10.00. The fourth-order valence-electron chi connectivity index (χ4n) is 1.72. The third-order valence-electron chi connectivity index (χ3n) is 2.53. The maximum absolute atomic E-state index is 14.0. The summed E-state index contributed by atoms with van der Waals surface area (Å²) < 4.78 is 27.3. The zero-order valence-corrected chi connectivity index (χ0v) is 9.21. The van der Waals surface area contributed by atoms with Crippen LogP contribution >= 0.6 is 0 Å². The van der Waals surface area contributed by atoms with E-state index in [9.17, 15) is 13.6 Å². The molecule has 0 atom stereocenters. The summed E-state index contributed by atoms with van der Waals surface area (Å²) in [5.74, 6) is -2.24. The van der Waals surface area contributed by atoms with E-state index in [1.165, 1.54) is 6.07 Å². The second-order valence-corrected chi connectivity index (χ2v) is 3.71. The Hall–Kier alpha value is -2.03. The van der Waals surface area contributed by atoms with Gasteiger partial charge in [0.05, 0.1) is 5.56 Å². The van der Waals surface area contributed by atoms with Crippen LogP contribution in [0.2, 0.25) is 0 Å². The minimum atomic E-state index is -0.824. The third kappa shape index (κ3) is 2.09. The molecule has 0 saturated carbocycles. The van der Waals surface area contributed by atoms with Gasteiger partial charge in [-0.05, 0) is 24.6 Å². The molecule has 0 heterocycles. The second-order valence-electron chi connectivity index (χ2n) is 3.71. The lowest BCUT2D eigenvalue weighted by molar-refractivity contribution is 0.101. The number of hydrogen-bond acceptors (Lipinski definition) is 1. The number of Topliss-reactive ketones (excluding diaryl/α,β-unsaturated/α-hetero) is 1. The molecular weight excluding hydrogens is 222 g/mol. The topological polar surface area (TPSA) is 17.1 Å². The smallest absolute Gasteiger partial charge is 0.165 e. The molecule has 3 heteroatoms. The number of hydrogen-bond donors (Lipinski definition) is 0. The average Bonchev–Trinajstić information content (AvgIpc) is 2.30. The largest absolute Gasteiger partial charge is 0.294 e. The first-order valence-electron chi connectivity index (χ1n) is 5.15. The van der Waals surface area contributed by atoms with Gasteiger partial charge in [0.25, 0.3) is 0 Å². The van der Waals surface area contributed by atoms with Crippen LogP contribution in [-0.4, -0.2) is 5.78 Å². The molecular formula is C14H10F2O. The van der Waals surface area contributed by atoms with Crippen LogP contribution in [0.3, 0.4) is 0 Å². The standard InChI is InChI=1S/C14H10F2O/c1-9(17)13-12(15)8-7-11(14(13)16)10-5-3-2-4-6-10/h2-8H,1H3. The molecule has 2 aromatic carbocycles. The molecule has 0 aromatic heterocycles. The van der Waals surface area contributed by atoms with Crippen molar-refractivity contribution in [1.82, 2.24) is 0 Å². The van der Waals surface area contributed by atoms with E-state index in [0.717, 1.165) is 13.0 Å². The molecule has 1 nitrogen and oxygen atoms in total. The van der Waals surface area contributed by atoms with Crippen LogP contribution in [-0.2, 0) is 0 Å². The normalized spacial score (nSPS) is 10.3. The highest BCUT2D eigenvalue weighted by molar-refractivity contribution is 5.96. The van der Waals surface area contributed by atoms with E-state index < -0.39 is 23.0 Å². The molecule has 17 heavy (non-hydrogen) atoms. The van der Waals surface area contributed by atoms with Crippen molar-refractivity contribution in [1.29, 1.82) is 0 Å². The summed E-state index contributed by atoms with van der Waals surface area (Å²) in [7, 11) is 0. The first kappa shape index (κ1) is 11.5. The van der Waals surface area contributed by atoms with Gasteiger partial charge < -0.3 is 0 Å². The van der Waals surface area contributed by atoms with Gasteiger partial charge in [-0.25, -0.2) is 8.78 Å². The summed E-state index contributed by atoms with van der Waals surface area (Å²) >= 11 is 0. The molecule has 2 rings (SSSR count). The van der Waals surface area contributed by atoms with E-state index in [-0.39, 0.29) is 5.56 Å². The predicted molar refractivity (Wildman–Crippen MR) is 61.8 cm³/mol. The van der Waals surface area contributed by atoms with Gasteiger partial charge in [0.15, 0.2) is 5.78 Å². The number of halogens is 2. The van der Waals surface area contributed by atoms with Crippen molar-refractivity contribution in [3.05, 3.63) is 59.7 Å². The maximum atomic E-state index is 14.0. The Bertz CT molecular complexity index is 562. The Morgan fingerprint density at radius 2 is 1.65 bits per heavy atom. The van der Waals surface area contributed by atoms with E-state index in [4.69, 9.17) is 0 Å². The molecule has 0 bridgehead atoms. The van der Waals surface area contributed by atoms with Gasteiger partial charge in [-0.2, -0.15) is 0 Å². The van der Waals surface area contributed by atoms with Gasteiger partial charge in [-0.3, -0.25) is 4.79 Å². The fourth-order valence-corrected chi connectivity index (χ4v) is 1.72. The molecule has 2 aromatic rings. The Kier molecular flexibility index (Phi) is 3.00. The molecule has 0 fully saturated rings. The van der Waals surface area contributed by atoms with Gasteiger partial charge in [0, 0.05) is 5.56 Å². The Morgan fingerprint density at radius 1 is 1.00 bits per heavy atom. The van der Waals surface area contributed by atoms with Gasteiger partial charge >= 0.3 is 0 Å². The lowest BCUT2D eigenvalue weighted by Gasteiger charge is -2.07. The minimum absolute atomic E-state index is 0.234. The Labute approximate surface area is 97.7 Å². The molecule has 86 valence electrons. The van der Waals surface area contributed by atoms with Gasteiger partial charge in [-0.1, -0.05) is 30.3 Å². The highest BCUT2D eigenvalue weighted by Gasteiger charge is 2.17. The summed E-state index contributed by atoms with van der Waals surface area (Å²) in [4.78, 5) is 11.2. The highest BCUT2D eigenvalue weighted by Crippen LogP contribution is 2.26. The molecule has 0 spiro atoms. The summed E-state index contributed by atoms with van der Waals surface area (Å²) in [6, 6.07) is 11.2. The molecule has 0 aliphatic rings. The van der Waals surface area contributed by atoms with E-state index in [1.807, 2.05) is 0 Å². The lowest BCUT2D eigenvalue weighted by Crippen LogP contribution is -2.03. The van der Waals surface area contributed by atoms with Crippen LogP contribution in [0.1, 0.15) is 17.3 Å². The number of benzene rings is 2. The van der Waals surface area contributed by atoms with Crippen molar-refractivity contribution in [2.75, 3.05) is 0 Å². The number of carbonyl (C=O) groups is 1. The third-order valence-corrected chi connectivity index (χ3v) is 2.53. The molecule has 0 aliphatic carbocycles. The molecule has 0 radical (unpaired) electrons. The Morgan fingerprint density at radius 3 is 2.24 bits per heavy atom. The molecule has 0 aliphatic heterocycles. The number of ketones is 1. The molecule has 0 amide bonds. The number of rotatable bonds is 2. The SMILES string of the molecule is CC(=O)c1c(F)ccc(-c2ccccc2)c1F. The van der Waals surface area contributed by atoms with Crippen LogP contribution in [0.25, 0.3) is 11.1 Å². The summed E-state index contributed by atoms with van der Waals surface area (Å²) in [5.41, 5.74) is 0.371. The first-order chi connectivity index (χ1) is 8.11. The quantitative estimate of drug-likeness (QED) is 0.719. The van der Waals surface area contributed by atoms with Crippen molar-refractivity contribution in [2.24, 2.45) is 0 Å². The van der Waals surface area contributed by atoms with E-state index in [1.54, 1.807) is 30.3 Å². The molecule has 0 saturated heterocycles. The number of carbonyl (C=O) groups excluding carboxylic acids is 1. The zero-order valence-electron chi connectivity index (χ0n) is 9.21. The van der Waals surface area contributed by atoms with Gasteiger partial charge in [0.2, 0.25) is 0 Å². The van der Waals surface area contributed by atoms with Crippen molar-refractivity contribution < 1.29 is 13.6 Å². The predicted octanol–water partition coefficient (Wildman–Crippen LogP) is 3.83. The molecule has 0 N–H and O–H groups in total. The first-order valence-corrected chi connectivity index (χ1v) is 5.15. The van der Waals surface area contributed by atoms with Gasteiger partial charge in [0.1, 0.15) is 11.6 Å². The van der Waals surface area contributed by atoms with Crippen molar-refractivity contribution >= 4 is 5.78 Å². The monoisotopic (exact) mass is 232 g/mol. The van der Waals surface area contributed by atoms with Gasteiger partial charge in [-0.15, -0.1) is 0 Å². The van der Waals surface area contributed by atoms with Crippen LogP contribution in [0.15, 0.2) is 42.5 Å². The fraction of sp³-hybridized carbons (Fsp3) is 0.0714. The van der Waals surface area contributed by atoms with E-state index in [2.05, 4.69) is 0 Å². The van der Waals surface area contributed by atoms with Crippen LogP contribution in [0.4, 0.5) is 8.78 Å². The second kappa shape index (κ2) is 4.45. The van der Waals surface area contributed by atoms with E-state index in [0.29, 0.717) is 5.56 Å². The van der Waals surface area contributed by atoms with E-state index >= 15 is 0 Å². The molecule has 0 unspecified atom stereocenters. The Balaban J connectivity index is 2.66. The van der Waals surface area contributed by atoms with Crippen molar-refractivity contribution in [3.8, 4) is 11.1 Å². The maximum Gasteiger partial charge on any atom is 0.165 e. The summed E-state index contributed by atoms with van der Waals surface area (Å²) in [5, 5.41) is 0. The van der Waals surface area contributed by atoms with Crippen LogP contribution in [0.5, 0.6) is 0 Å². The van der Waals surface area contributed by atoms with Crippen LogP contribution < -0.4 is 0 Å². The van der Waals surface area contributed by atoms with Crippen molar-refractivity contribution in [3.63, 3.8) is 0 Å². The minimum Gasteiger partial charge on any atom is -0.294 e. The summed E-state index contributed by atoms with van der Waals surface area (Å²) in [6.45, 7) is 1.15. The zero-order chi connectivity index (χ0) is 12.4. The highest BCUT2D eigenvalue weighted by atomic mass is 19.1. The summed E-state index contributed by atoms with van der Waals surface area (Å²) in [6.07, 6.45) is 0. The average molecular weight is 232 g/mol. The van der Waals surface area contributed by atoms with Crippen LogP contribution in [0, 0.1) is 11.6 Å².